The van der Waals surface area contributed by atoms with Crippen LogP contribution in [0.25, 0.3) is 0 Å². The summed E-state index contributed by atoms with van der Waals surface area (Å²) in [6.07, 6.45) is 1.32. The van der Waals surface area contributed by atoms with Crippen LogP contribution in [-0.2, 0) is 10.2 Å². The molecule has 1 aromatic heterocycles. The van der Waals surface area contributed by atoms with E-state index in [9.17, 15) is 9.59 Å². The number of hydrogen-bond acceptors (Lipinski definition) is 4. The lowest BCUT2D eigenvalue weighted by Gasteiger charge is -2.29. The van der Waals surface area contributed by atoms with Crippen LogP contribution < -0.4 is 0 Å². The summed E-state index contributed by atoms with van der Waals surface area (Å²) >= 11 is 0. The van der Waals surface area contributed by atoms with Gasteiger partial charge in [-0.25, -0.2) is 0 Å². The van der Waals surface area contributed by atoms with Crippen LogP contribution in [0.5, 0.6) is 0 Å². The van der Waals surface area contributed by atoms with Crippen molar-refractivity contribution in [3.8, 4) is 0 Å². The molecule has 1 atom stereocenters. The molecule has 0 bridgehead atoms. The number of carboxylic acid groups (broad SMARTS) is 1. The number of carbonyl (C=O) groups excluding carboxylic acids is 1. The smallest absolute Gasteiger partial charge is 0.308 e. The Hall–Kier alpha value is -1.85. The van der Waals surface area contributed by atoms with Gasteiger partial charge >= 0.3 is 5.97 Å². The topological polar surface area (TPSA) is 83.6 Å². The highest BCUT2D eigenvalue weighted by atomic mass is 16.5. The molecule has 20 heavy (non-hydrogen) atoms. The van der Waals surface area contributed by atoms with E-state index in [1.807, 2.05) is 20.8 Å². The summed E-state index contributed by atoms with van der Waals surface area (Å²) in [5.41, 5.74) is 0.0396. The summed E-state index contributed by atoms with van der Waals surface area (Å²) in [5, 5.41) is 12.9. The fourth-order valence-electron chi connectivity index (χ4n) is 2.25. The second-order valence-electron chi connectivity index (χ2n) is 6.25. The Morgan fingerprint density at radius 1 is 1.45 bits per heavy atom. The first-order chi connectivity index (χ1) is 9.29. The lowest BCUT2D eigenvalue weighted by atomic mass is 9.93. The van der Waals surface area contributed by atoms with E-state index in [2.05, 4.69) is 5.16 Å². The van der Waals surface area contributed by atoms with E-state index in [1.54, 1.807) is 11.0 Å². The normalized spacial score (nSPS) is 19.9. The molecule has 6 heteroatoms. The highest BCUT2D eigenvalue weighted by molar-refractivity contribution is 5.92. The average molecular weight is 280 g/mol. The second-order valence-corrected chi connectivity index (χ2v) is 6.25. The third-order valence-corrected chi connectivity index (χ3v) is 3.53. The van der Waals surface area contributed by atoms with E-state index in [0.29, 0.717) is 25.1 Å². The Morgan fingerprint density at radius 2 is 2.15 bits per heavy atom. The molecule has 0 spiro atoms. The summed E-state index contributed by atoms with van der Waals surface area (Å²) in [5.74, 6) is -0.942. The fraction of sp³-hybridized carbons (Fsp3) is 0.643. The highest BCUT2D eigenvalue weighted by Gasteiger charge is 2.31. The molecule has 0 radical (unpaired) electrons. The van der Waals surface area contributed by atoms with Crippen LogP contribution in [0.3, 0.4) is 0 Å². The molecule has 6 nitrogen and oxygen atoms in total. The summed E-state index contributed by atoms with van der Waals surface area (Å²) in [6.45, 7) is 6.74. The molecule has 1 aliphatic rings. The summed E-state index contributed by atoms with van der Waals surface area (Å²) in [4.78, 5) is 24.9. The van der Waals surface area contributed by atoms with Gasteiger partial charge in [0.1, 0.15) is 5.76 Å². The van der Waals surface area contributed by atoms with E-state index < -0.39 is 11.9 Å². The predicted octanol–water partition coefficient (Wildman–Crippen LogP) is 1.91. The first-order valence-corrected chi connectivity index (χ1v) is 6.78. The van der Waals surface area contributed by atoms with Crippen molar-refractivity contribution >= 4 is 11.9 Å². The Morgan fingerprint density at radius 3 is 2.70 bits per heavy atom. The molecule has 1 fully saturated rings. The van der Waals surface area contributed by atoms with Gasteiger partial charge in [-0.05, 0) is 12.8 Å². The molecular formula is C14H20N2O4. The molecule has 2 heterocycles. The Kier molecular flexibility index (Phi) is 3.83. The van der Waals surface area contributed by atoms with E-state index in [0.717, 1.165) is 0 Å². The molecule has 0 aromatic carbocycles. The number of amides is 1. The van der Waals surface area contributed by atoms with E-state index >= 15 is 0 Å². The number of carboxylic acids is 1. The zero-order valence-electron chi connectivity index (χ0n) is 12.0. The van der Waals surface area contributed by atoms with Crippen molar-refractivity contribution in [1.29, 1.82) is 0 Å². The Bertz CT molecular complexity index is 515. The second kappa shape index (κ2) is 5.26. The molecule has 110 valence electrons. The standard InChI is InChI=1S/C14H20N2O4/c1-14(2,3)11-7-10(15-20-11)12(17)16-6-4-5-9(8-16)13(18)19/h7,9H,4-6,8H2,1-3H3,(H,18,19)/t9-/m0/s1. The minimum absolute atomic E-state index is 0.211. The van der Waals surface area contributed by atoms with Crippen molar-refractivity contribution in [3.63, 3.8) is 0 Å². The molecule has 1 saturated heterocycles. The largest absolute Gasteiger partial charge is 0.481 e. The van der Waals surface area contributed by atoms with Gasteiger partial charge in [0, 0.05) is 24.6 Å². The van der Waals surface area contributed by atoms with E-state index in [1.165, 1.54) is 0 Å². The van der Waals surface area contributed by atoms with Crippen molar-refractivity contribution in [2.24, 2.45) is 5.92 Å². The van der Waals surface area contributed by atoms with Gasteiger partial charge in [-0.3, -0.25) is 9.59 Å². The maximum Gasteiger partial charge on any atom is 0.308 e. The monoisotopic (exact) mass is 280 g/mol. The number of rotatable bonds is 2. The molecule has 0 aliphatic carbocycles. The molecular weight excluding hydrogens is 260 g/mol. The van der Waals surface area contributed by atoms with Crippen LogP contribution in [-0.4, -0.2) is 40.1 Å². The number of likely N-dealkylation sites (tertiary alicyclic amines) is 1. The number of aromatic nitrogens is 1. The molecule has 1 amide bonds. The van der Waals surface area contributed by atoms with Crippen molar-refractivity contribution in [1.82, 2.24) is 10.1 Å². The minimum Gasteiger partial charge on any atom is -0.481 e. The van der Waals surface area contributed by atoms with Gasteiger partial charge in [0.05, 0.1) is 5.92 Å². The minimum atomic E-state index is -0.849. The predicted molar refractivity (Wildman–Crippen MR) is 71.5 cm³/mol. The Labute approximate surface area is 117 Å². The number of piperidine rings is 1. The van der Waals surface area contributed by atoms with Crippen molar-refractivity contribution in [2.45, 2.75) is 39.0 Å². The van der Waals surface area contributed by atoms with Gasteiger partial charge in [0.15, 0.2) is 5.69 Å². The maximum atomic E-state index is 12.3. The molecule has 1 N–H and O–H groups in total. The quantitative estimate of drug-likeness (QED) is 0.894. The summed E-state index contributed by atoms with van der Waals surface area (Å²) in [7, 11) is 0. The number of nitrogens with zero attached hydrogens (tertiary/aromatic N) is 2. The lowest BCUT2D eigenvalue weighted by Crippen LogP contribution is -2.42. The number of carbonyl (C=O) groups is 2. The molecule has 0 unspecified atom stereocenters. The maximum absolute atomic E-state index is 12.3. The average Bonchev–Trinajstić information content (AvgIpc) is 2.87. The zero-order valence-corrected chi connectivity index (χ0v) is 12.0. The van der Waals surface area contributed by atoms with E-state index in [4.69, 9.17) is 9.63 Å². The van der Waals surface area contributed by atoms with Gasteiger partial charge in [-0.15, -0.1) is 0 Å². The Balaban J connectivity index is 2.11. The fourth-order valence-corrected chi connectivity index (χ4v) is 2.25. The van der Waals surface area contributed by atoms with Gasteiger partial charge in [-0.2, -0.15) is 0 Å². The summed E-state index contributed by atoms with van der Waals surface area (Å²) in [6, 6.07) is 1.65. The van der Waals surface area contributed by atoms with Gasteiger partial charge in [-0.1, -0.05) is 25.9 Å². The summed E-state index contributed by atoms with van der Waals surface area (Å²) < 4.78 is 5.20. The molecule has 1 aromatic rings. The zero-order chi connectivity index (χ0) is 14.9. The van der Waals surface area contributed by atoms with Crippen LogP contribution in [0, 0.1) is 5.92 Å². The molecule has 0 saturated carbocycles. The van der Waals surface area contributed by atoms with E-state index in [-0.39, 0.29) is 23.6 Å². The van der Waals surface area contributed by atoms with Gasteiger partial charge < -0.3 is 14.5 Å². The lowest BCUT2D eigenvalue weighted by molar-refractivity contribution is -0.143. The molecule has 2 rings (SSSR count). The highest BCUT2D eigenvalue weighted by Crippen LogP contribution is 2.24. The van der Waals surface area contributed by atoms with Crippen molar-refractivity contribution in [2.75, 3.05) is 13.1 Å². The van der Waals surface area contributed by atoms with Crippen molar-refractivity contribution in [3.05, 3.63) is 17.5 Å². The van der Waals surface area contributed by atoms with Crippen LogP contribution >= 0.6 is 0 Å². The third-order valence-electron chi connectivity index (χ3n) is 3.53. The number of hydrogen-bond donors (Lipinski definition) is 1. The van der Waals surface area contributed by atoms with Crippen LogP contribution in [0.1, 0.15) is 49.9 Å². The third kappa shape index (κ3) is 3.00. The SMILES string of the molecule is CC(C)(C)c1cc(C(=O)N2CCC[C@H](C(=O)O)C2)no1. The first-order valence-electron chi connectivity index (χ1n) is 6.78. The first kappa shape index (κ1) is 14.6. The van der Waals surface area contributed by atoms with Crippen molar-refractivity contribution < 1.29 is 19.2 Å². The van der Waals surface area contributed by atoms with Gasteiger partial charge in [0.2, 0.25) is 0 Å². The van der Waals surface area contributed by atoms with Crippen LogP contribution in [0.2, 0.25) is 0 Å². The van der Waals surface area contributed by atoms with Crippen LogP contribution in [0.4, 0.5) is 0 Å². The number of aliphatic carboxylic acids is 1. The molecule has 1 aliphatic heterocycles. The van der Waals surface area contributed by atoms with Gasteiger partial charge in [0.25, 0.3) is 5.91 Å². The van der Waals surface area contributed by atoms with Crippen LogP contribution in [0.15, 0.2) is 10.6 Å².